The van der Waals surface area contributed by atoms with Gasteiger partial charge in [0.25, 0.3) is 0 Å². The lowest BCUT2D eigenvalue weighted by Crippen LogP contribution is -2.41. The molecule has 5 nitrogen and oxygen atoms in total. The molecule has 3 rings (SSSR count). The third kappa shape index (κ3) is 5.52. The summed E-state index contributed by atoms with van der Waals surface area (Å²) in [4.78, 5) is 8.17. The van der Waals surface area contributed by atoms with Gasteiger partial charge in [0.15, 0.2) is 5.96 Å². The predicted octanol–water partition coefficient (Wildman–Crippen LogP) is 2.41. The predicted molar refractivity (Wildman–Crippen MR) is 104 cm³/mol. The highest BCUT2D eigenvalue weighted by molar-refractivity contribution is 7.09. The van der Waals surface area contributed by atoms with E-state index in [4.69, 9.17) is 10.5 Å². The first-order chi connectivity index (χ1) is 12.7. The Balaban J connectivity index is 1.59. The van der Waals surface area contributed by atoms with Crippen LogP contribution >= 0.6 is 11.3 Å². The SMILES string of the molecule is NC(=NCC(c1ccc(F)cc1)N1CCOCC1)NCCc1cccs1. The van der Waals surface area contributed by atoms with Crippen LogP contribution in [0.3, 0.4) is 0 Å². The first-order valence-corrected chi connectivity index (χ1v) is 9.74. The van der Waals surface area contributed by atoms with Crippen molar-refractivity contribution in [3.8, 4) is 0 Å². The summed E-state index contributed by atoms with van der Waals surface area (Å²) in [5.74, 6) is 0.217. The minimum atomic E-state index is -0.229. The Morgan fingerprint density at radius 3 is 2.73 bits per heavy atom. The molecule has 3 N–H and O–H groups in total. The second-order valence-corrected chi connectivity index (χ2v) is 7.23. The van der Waals surface area contributed by atoms with Crippen LogP contribution in [0.2, 0.25) is 0 Å². The zero-order valence-corrected chi connectivity index (χ0v) is 15.6. The molecule has 0 radical (unpaired) electrons. The molecular formula is C19H25FN4OS. The highest BCUT2D eigenvalue weighted by Crippen LogP contribution is 2.22. The van der Waals surface area contributed by atoms with Crippen molar-refractivity contribution in [3.63, 3.8) is 0 Å². The van der Waals surface area contributed by atoms with Gasteiger partial charge >= 0.3 is 0 Å². The number of thiophene rings is 1. The molecule has 140 valence electrons. The first-order valence-electron chi connectivity index (χ1n) is 8.86. The van der Waals surface area contributed by atoms with E-state index in [0.717, 1.165) is 31.6 Å². The third-order valence-corrected chi connectivity index (χ3v) is 5.37. The Hall–Kier alpha value is -1.96. The molecule has 0 aliphatic carbocycles. The lowest BCUT2D eigenvalue weighted by molar-refractivity contribution is 0.0179. The highest BCUT2D eigenvalue weighted by Gasteiger charge is 2.22. The molecule has 26 heavy (non-hydrogen) atoms. The maximum atomic E-state index is 13.3. The molecule has 1 saturated heterocycles. The summed E-state index contributed by atoms with van der Waals surface area (Å²) in [5.41, 5.74) is 7.08. The highest BCUT2D eigenvalue weighted by atomic mass is 32.1. The maximum Gasteiger partial charge on any atom is 0.188 e. The van der Waals surface area contributed by atoms with E-state index in [-0.39, 0.29) is 11.9 Å². The van der Waals surface area contributed by atoms with Crippen LogP contribution < -0.4 is 11.1 Å². The van der Waals surface area contributed by atoms with Crippen molar-refractivity contribution < 1.29 is 9.13 Å². The molecule has 1 aromatic carbocycles. The Morgan fingerprint density at radius 2 is 2.04 bits per heavy atom. The molecule has 7 heteroatoms. The number of hydrogen-bond donors (Lipinski definition) is 2. The molecule has 1 atom stereocenters. The van der Waals surface area contributed by atoms with E-state index in [1.807, 2.05) is 18.2 Å². The average molecular weight is 377 g/mol. The Morgan fingerprint density at radius 1 is 1.27 bits per heavy atom. The molecule has 0 bridgehead atoms. The van der Waals surface area contributed by atoms with Gasteiger partial charge in [-0.3, -0.25) is 9.89 Å². The van der Waals surface area contributed by atoms with E-state index in [1.54, 1.807) is 11.3 Å². The number of ether oxygens (including phenoxy) is 1. The summed E-state index contributed by atoms with van der Waals surface area (Å²) in [6.07, 6.45) is 0.929. The molecule has 1 aliphatic heterocycles. The molecule has 1 fully saturated rings. The topological polar surface area (TPSA) is 62.9 Å². The summed E-state index contributed by atoms with van der Waals surface area (Å²) in [6, 6.07) is 10.9. The second kappa shape index (κ2) is 9.66. The van der Waals surface area contributed by atoms with Crippen LogP contribution in [-0.2, 0) is 11.2 Å². The number of halogens is 1. The largest absolute Gasteiger partial charge is 0.379 e. The number of guanidine groups is 1. The number of morpholine rings is 1. The van der Waals surface area contributed by atoms with Crippen LogP contribution in [0.1, 0.15) is 16.5 Å². The smallest absolute Gasteiger partial charge is 0.188 e. The Kier molecular flexibility index (Phi) is 6.99. The van der Waals surface area contributed by atoms with Gasteiger partial charge in [0.1, 0.15) is 5.82 Å². The fraction of sp³-hybridized carbons (Fsp3) is 0.421. The van der Waals surface area contributed by atoms with E-state index in [9.17, 15) is 4.39 Å². The number of nitrogens with two attached hydrogens (primary N) is 1. The minimum absolute atomic E-state index is 0.0668. The van der Waals surface area contributed by atoms with Crippen LogP contribution in [0.5, 0.6) is 0 Å². The molecule has 2 aromatic rings. The number of hydrogen-bond acceptors (Lipinski definition) is 4. The lowest BCUT2D eigenvalue weighted by atomic mass is 10.0. The zero-order chi connectivity index (χ0) is 18.2. The van der Waals surface area contributed by atoms with Gasteiger partial charge < -0.3 is 15.8 Å². The number of nitrogens with one attached hydrogen (secondary N) is 1. The summed E-state index contributed by atoms with van der Waals surface area (Å²) in [7, 11) is 0. The molecule has 1 unspecified atom stereocenters. The van der Waals surface area contributed by atoms with Crippen molar-refractivity contribution in [3.05, 3.63) is 58.0 Å². The summed E-state index contributed by atoms with van der Waals surface area (Å²) >= 11 is 1.74. The number of aliphatic imine (C=N–C) groups is 1. The monoisotopic (exact) mass is 376 g/mol. The van der Waals surface area contributed by atoms with Crippen molar-refractivity contribution in [1.82, 2.24) is 10.2 Å². The summed E-state index contributed by atoms with van der Waals surface area (Å²) < 4.78 is 18.7. The number of rotatable bonds is 7. The Labute approximate surface area is 157 Å². The van der Waals surface area contributed by atoms with Crippen LogP contribution in [0.4, 0.5) is 4.39 Å². The van der Waals surface area contributed by atoms with Gasteiger partial charge in [0, 0.05) is 24.5 Å². The molecule has 2 heterocycles. The van der Waals surface area contributed by atoms with Crippen LogP contribution in [-0.4, -0.2) is 50.3 Å². The quantitative estimate of drug-likeness (QED) is 0.575. The molecule has 1 aromatic heterocycles. The van der Waals surface area contributed by atoms with Crippen molar-refractivity contribution in [2.75, 3.05) is 39.4 Å². The Bertz CT molecular complexity index is 684. The number of benzene rings is 1. The first kappa shape index (κ1) is 18.8. The minimum Gasteiger partial charge on any atom is -0.379 e. The normalized spacial score (nSPS) is 17.2. The molecule has 0 amide bonds. The molecule has 1 aliphatic rings. The van der Waals surface area contributed by atoms with E-state index in [2.05, 4.69) is 26.7 Å². The molecule has 0 spiro atoms. The van der Waals surface area contributed by atoms with Gasteiger partial charge in [-0.15, -0.1) is 11.3 Å². The van der Waals surface area contributed by atoms with E-state index >= 15 is 0 Å². The van der Waals surface area contributed by atoms with Crippen molar-refractivity contribution >= 4 is 17.3 Å². The van der Waals surface area contributed by atoms with Crippen molar-refractivity contribution in [1.29, 1.82) is 0 Å². The zero-order valence-electron chi connectivity index (χ0n) is 14.7. The molecule has 0 saturated carbocycles. The van der Waals surface area contributed by atoms with E-state index in [1.165, 1.54) is 17.0 Å². The van der Waals surface area contributed by atoms with Gasteiger partial charge in [0.2, 0.25) is 0 Å². The lowest BCUT2D eigenvalue weighted by Gasteiger charge is -2.34. The summed E-state index contributed by atoms with van der Waals surface area (Å²) in [6.45, 7) is 4.37. The van der Waals surface area contributed by atoms with Gasteiger partial charge in [-0.1, -0.05) is 18.2 Å². The maximum absolute atomic E-state index is 13.3. The van der Waals surface area contributed by atoms with Crippen molar-refractivity contribution in [2.24, 2.45) is 10.7 Å². The average Bonchev–Trinajstić information content (AvgIpc) is 3.18. The van der Waals surface area contributed by atoms with Crippen molar-refractivity contribution in [2.45, 2.75) is 12.5 Å². The fourth-order valence-corrected chi connectivity index (χ4v) is 3.72. The standard InChI is InChI=1S/C19H25FN4OS/c20-16-5-3-15(4-6-16)18(24-9-11-25-12-10-24)14-23-19(21)22-8-7-17-2-1-13-26-17/h1-6,13,18H,7-12,14H2,(H3,21,22,23). The third-order valence-electron chi connectivity index (χ3n) is 4.43. The van der Waals surface area contributed by atoms with Crippen LogP contribution in [0.15, 0.2) is 46.8 Å². The van der Waals surface area contributed by atoms with E-state index in [0.29, 0.717) is 25.7 Å². The number of nitrogens with zero attached hydrogens (tertiary/aromatic N) is 2. The second-order valence-electron chi connectivity index (χ2n) is 6.20. The van der Waals surface area contributed by atoms with Crippen LogP contribution in [0, 0.1) is 5.82 Å². The molecular weight excluding hydrogens is 351 g/mol. The van der Waals surface area contributed by atoms with Gasteiger partial charge in [-0.05, 0) is 35.6 Å². The van der Waals surface area contributed by atoms with Gasteiger partial charge in [0.05, 0.1) is 25.8 Å². The fourth-order valence-electron chi connectivity index (χ4n) is 3.02. The van der Waals surface area contributed by atoms with Crippen LogP contribution in [0.25, 0.3) is 0 Å². The summed E-state index contributed by atoms with van der Waals surface area (Å²) in [5, 5.41) is 5.24. The van der Waals surface area contributed by atoms with E-state index < -0.39 is 0 Å². The van der Waals surface area contributed by atoms with Gasteiger partial charge in [-0.25, -0.2) is 4.39 Å². The van der Waals surface area contributed by atoms with Gasteiger partial charge in [-0.2, -0.15) is 0 Å².